The van der Waals surface area contributed by atoms with Gasteiger partial charge in [-0.05, 0) is 18.3 Å². The number of aryl methyl sites for hydroxylation is 1. The second-order valence-corrected chi connectivity index (χ2v) is 5.90. The van der Waals surface area contributed by atoms with Crippen molar-refractivity contribution in [3.63, 3.8) is 0 Å². The molecule has 1 N–H and O–H groups in total. The number of hydrogen-bond donors (Lipinski definition) is 1. The number of likely N-dealkylation sites (tertiary alicyclic amines) is 1. The highest BCUT2D eigenvalue weighted by Gasteiger charge is 2.32. The molecule has 0 aromatic carbocycles. The normalized spacial score (nSPS) is 23.8. The predicted octanol–water partition coefficient (Wildman–Crippen LogP) is 1.04. The zero-order valence-corrected chi connectivity index (χ0v) is 11.3. The Hall–Kier alpha value is -1.36. The fourth-order valence-corrected chi connectivity index (χ4v) is 2.59. The van der Waals surface area contributed by atoms with Gasteiger partial charge in [-0.25, -0.2) is 4.98 Å². The van der Waals surface area contributed by atoms with Crippen molar-refractivity contribution in [1.29, 1.82) is 0 Å². The third kappa shape index (κ3) is 2.72. The van der Waals surface area contributed by atoms with Gasteiger partial charge in [0.25, 0.3) is 5.91 Å². The van der Waals surface area contributed by atoms with Crippen LogP contribution in [-0.2, 0) is 7.05 Å². The van der Waals surface area contributed by atoms with Crippen LogP contribution in [0.2, 0.25) is 0 Å². The van der Waals surface area contributed by atoms with Gasteiger partial charge in [0.1, 0.15) is 0 Å². The molecule has 1 atom stereocenters. The maximum atomic E-state index is 12.4. The molecule has 5 heteroatoms. The van der Waals surface area contributed by atoms with Crippen LogP contribution < -0.4 is 0 Å². The molecular formula is C13H21N3O2. The molecule has 1 unspecified atom stereocenters. The molecule has 1 aromatic heterocycles. The molecule has 100 valence electrons. The smallest absolute Gasteiger partial charge is 0.289 e. The summed E-state index contributed by atoms with van der Waals surface area (Å²) >= 11 is 0. The van der Waals surface area contributed by atoms with Crippen LogP contribution in [0.1, 0.15) is 37.3 Å². The Balaban J connectivity index is 2.18. The molecule has 0 bridgehead atoms. The van der Waals surface area contributed by atoms with E-state index in [2.05, 4.69) is 18.8 Å². The number of imidazole rings is 1. The van der Waals surface area contributed by atoms with E-state index >= 15 is 0 Å². The third-order valence-electron chi connectivity index (χ3n) is 3.44. The Morgan fingerprint density at radius 2 is 2.28 bits per heavy atom. The van der Waals surface area contributed by atoms with Gasteiger partial charge in [-0.1, -0.05) is 13.8 Å². The van der Waals surface area contributed by atoms with E-state index in [-0.39, 0.29) is 17.4 Å². The second-order valence-electron chi connectivity index (χ2n) is 5.90. The third-order valence-corrected chi connectivity index (χ3v) is 3.44. The molecule has 1 aliphatic heterocycles. The second kappa shape index (κ2) is 4.72. The van der Waals surface area contributed by atoms with Crippen LogP contribution in [0, 0.1) is 5.41 Å². The summed E-state index contributed by atoms with van der Waals surface area (Å²) in [6, 6.07) is 0. The predicted molar refractivity (Wildman–Crippen MR) is 68.1 cm³/mol. The molecular weight excluding hydrogens is 230 g/mol. The van der Waals surface area contributed by atoms with Crippen molar-refractivity contribution >= 4 is 5.91 Å². The number of carbonyl (C=O) groups excluding carboxylic acids is 1. The first-order chi connectivity index (χ1) is 8.39. The van der Waals surface area contributed by atoms with Gasteiger partial charge in [-0.15, -0.1) is 0 Å². The van der Waals surface area contributed by atoms with Gasteiger partial charge in [0.15, 0.2) is 5.82 Å². The molecule has 18 heavy (non-hydrogen) atoms. The van der Waals surface area contributed by atoms with Gasteiger partial charge in [0.2, 0.25) is 0 Å². The van der Waals surface area contributed by atoms with Crippen LogP contribution in [0.5, 0.6) is 0 Å². The summed E-state index contributed by atoms with van der Waals surface area (Å²) in [7, 11) is 1.82. The molecule has 0 aliphatic carbocycles. The van der Waals surface area contributed by atoms with E-state index in [4.69, 9.17) is 0 Å². The molecule has 1 aromatic rings. The van der Waals surface area contributed by atoms with Crippen LogP contribution in [0.3, 0.4) is 0 Å². The van der Waals surface area contributed by atoms with Crippen LogP contribution in [-0.4, -0.2) is 44.7 Å². The van der Waals surface area contributed by atoms with Crippen molar-refractivity contribution in [2.45, 2.75) is 32.8 Å². The van der Waals surface area contributed by atoms with Crippen molar-refractivity contribution in [2.24, 2.45) is 12.5 Å². The van der Waals surface area contributed by atoms with Crippen molar-refractivity contribution in [3.8, 4) is 0 Å². The first kappa shape index (κ1) is 13.1. The number of aliphatic hydroxyl groups excluding tert-OH is 1. The summed E-state index contributed by atoms with van der Waals surface area (Å²) in [5.74, 6) is 0.409. The summed E-state index contributed by atoms with van der Waals surface area (Å²) < 4.78 is 1.73. The zero-order chi connectivity index (χ0) is 13.3. The quantitative estimate of drug-likeness (QED) is 0.811. The van der Waals surface area contributed by atoms with Gasteiger partial charge >= 0.3 is 0 Å². The average molecular weight is 251 g/mol. The van der Waals surface area contributed by atoms with E-state index in [0.29, 0.717) is 25.3 Å². The Labute approximate surface area is 107 Å². The van der Waals surface area contributed by atoms with Gasteiger partial charge < -0.3 is 14.6 Å². The summed E-state index contributed by atoms with van der Waals surface area (Å²) in [5.41, 5.74) is -0.0588. The molecule has 1 saturated heterocycles. The number of aliphatic hydroxyl groups is 1. The molecule has 1 fully saturated rings. The Morgan fingerprint density at radius 3 is 2.89 bits per heavy atom. The maximum absolute atomic E-state index is 12.4. The van der Waals surface area contributed by atoms with Crippen LogP contribution in [0.4, 0.5) is 0 Å². The maximum Gasteiger partial charge on any atom is 0.289 e. The summed E-state index contributed by atoms with van der Waals surface area (Å²) in [6.45, 7) is 5.42. The number of carbonyl (C=O) groups is 1. The molecule has 0 spiro atoms. The SMILES string of the molecule is Cn1ccnc1C(=O)N1CCC(O)CC(C)(C)C1. The number of hydrogen-bond acceptors (Lipinski definition) is 3. The molecule has 2 heterocycles. The largest absolute Gasteiger partial charge is 0.393 e. The van der Waals surface area contributed by atoms with Crippen LogP contribution in [0.15, 0.2) is 12.4 Å². The summed E-state index contributed by atoms with van der Waals surface area (Å²) in [4.78, 5) is 18.3. The van der Waals surface area contributed by atoms with Crippen molar-refractivity contribution in [1.82, 2.24) is 14.5 Å². The minimum Gasteiger partial charge on any atom is -0.393 e. The van der Waals surface area contributed by atoms with Gasteiger partial charge in [-0.3, -0.25) is 4.79 Å². The van der Waals surface area contributed by atoms with Crippen molar-refractivity contribution < 1.29 is 9.90 Å². The molecule has 2 rings (SSSR count). The van der Waals surface area contributed by atoms with Gasteiger partial charge in [0, 0.05) is 32.5 Å². The van der Waals surface area contributed by atoms with Crippen LogP contribution >= 0.6 is 0 Å². The molecule has 5 nitrogen and oxygen atoms in total. The number of amides is 1. The number of aromatic nitrogens is 2. The van der Waals surface area contributed by atoms with E-state index < -0.39 is 0 Å². The zero-order valence-electron chi connectivity index (χ0n) is 11.3. The average Bonchev–Trinajstić information content (AvgIpc) is 2.62. The standard InChI is InChI=1S/C13H21N3O2/c1-13(2)8-10(17)4-6-16(9-13)12(18)11-14-5-7-15(11)3/h5,7,10,17H,4,6,8-9H2,1-3H3. The Morgan fingerprint density at radius 1 is 1.56 bits per heavy atom. The lowest BCUT2D eigenvalue weighted by Crippen LogP contribution is -2.38. The van der Waals surface area contributed by atoms with E-state index in [0.717, 1.165) is 6.42 Å². The first-order valence-corrected chi connectivity index (χ1v) is 6.34. The van der Waals surface area contributed by atoms with E-state index in [1.165, 1.54) is 0 Å². The topological polar surface area (TPSA) is 58.4 Å². The lowest BCUT2D eigenvalue weighted by molar-refractivity contribution is 0.0689. The van der Waals surface area contributed by atoms with E-state index in [1.807, 2.05) is 7.05 Å². The monoisotopic (exact) mass is 251 g/mol. The molecule has 1 amide bonds. The van der Waals surface area contributed by atoms with Gasteiger partial charge in [0.05, 0.1) is 6.10 Å². The van der Waals surface area contributed by atoms with Crippen LogP contribution in [0.25, 0.3) is 0 Å². The number of nitrogens with zero attached hydrogens (tertiary/aromatic N) is 3. The highest BCUT2D eigenvalue weighted by atomic mass is 16.3. The first-order valence-electron chi connectivity index (χ1n) is 6.34. The molecule has 0 saturated carbocycles. The van der Waals surface area contributed by atoms with E-state index in [9.17, 15) is 9.90 Å². The summed E-state index contributed by atoms with van der Waals surface area (Å²) in [5, 5.41) is 9.85. The highest BCUT2D eigenvalue weighted by molar-refractivity contribution is 5.90. The summed E-state index contributed by atoms with van der Waals surface area (Å²) in [6.07, 6.45) is 4.45. The minimum absolute atomic E-state index is 0.0512. The Bertz CT molecular complexity index is 439. The van der Waals surface area contributed by atoms with Gasteiger partial charge in [-0.2, -0.15) is 0 Å². The highest BCUT2D eigenvalue weighted by Crippen LogP contribution is 2.28. The van der Waals surface area contributed by atoms with E-state index in [1.54, 1.807) is 21.9 Å². The van der Waals surface area contributed by atoms with Crippen molar-refractivity contribution in [3.05, 3.63) is 18.2 Å². The lowest BCUT2D eigenvalue weighted by atomic mass is 9.87. The minimum atomic E-state index is -0.320. The Kier molecular flexibility index (Phi) is 3.43. The molecule has 0 radical (unpaired) electrons. The lowest BCUT2D eigenvalue weighted by Gasteiger charge is -2.29. The molecule has 1 aliphatic rings. The number of rotatable bonds is 1. The fraction of sp³-hybridized carbons (Fsp3) is 0.692. The van der Waals surface area contributed by atoms with Crippen molar-refractivity contribution in [2.75, 3.05) is 13.1 Å². The fourth-order valence-electron chi connectivity index (χ4n) is 2.59.